The Labute approximate surface area is 385 Å². The number of aliphatic hydroxyl groups excluding tert-OH is 1. The van der Waals surface area contributed by atoms with Gasteiger partial charge in [-0.2, -0.15) is 0 Å². The first-order valence-electron chi connectivity index (χ1n) is 26.8. The van der Waals surface area contributed by atoms with Crippen LogP contribution in [0.4, 0.5) is 0 Å². The Bertz CT molecular complexity index is 2480. The molecule has 3 N–H and O–H groups in total. The molecule has 0 unspecified atom stereocenters. The summed E-state index contributed by atoms with van der Waals surface area (Å²) in [5, 5.41) is 13.8. The van der Waals surface area contributed by atoms with Crippen LogP contribution < -0.4 is 5.73 Å². The number of hydrogen-bond donors (Lipinski definition) is 2. The lowest BCUT2D eigenvalue weighted by Crippen LogP contribution is -2.78. The van der Waals surface area contributed by atoms with E-state index >= 15 is 9.59 Å². The summed E-state index contributed by atoms with van der Waals surface area (Å²) in [5.74, 6) is 3.66. The topological polar surface area (TPSA) is 105 Å². The number of allylic oxidation sites excluding steroid dienone is 6. The second kappa shape index (κ2) is 13.5. The van der Waals surface area contributed by atoms with Crippen LogP contribution in [0.3, 0.4) is 0 Å². The molecule has 8 heteroatoms. The Morgan fingerprint density at radius 1 is 0.938 bits per heavy atom. The Hall–Kier alpha value is -3.62. The normalized spacial score (nSPS) is 48.6. The molecule has 1 aromatic carbocycles. The van der Waals surface area contributed by atoms with Crippen molar-refractivity contribution in [1.82, 2.24) is 9.80 Å². The maximum atomic E-state index is 16.3. The summed E-state index contributed by atoms with van der Waals surface area (Å²) in [7, 11) is 0. The Balaban J connectivity index is 1.04. The Kier molecular flexibility index (Phi) is 8.21. The van der Waals surface area contributed by atoms with Crippen molar-refractivity contribution in [2.24, 2.45) is 81.7 Å². The lowest BCUT2D eigenvalue weighted by molar-refractivity contribution is -0.282. The number of aryl methyl sites for hydroxylation is 1. The van der Waals surface area contributed by atoms with Crippen molar-refractivity contribution in [3.05, 3.63) is 93.1 Å². The van der Waals surface area contributed by atoms with E-state index in [9.17, 15) is 5.11 Å². The number of carbonyl (C=O) groups is 2. The predicted molar refractivity (Wildman–Crippen MR) is 247 cm³/mol. The minimum atomic E-state index is -1.14. The summed E-state index contributed by atoms with van der Waals surface area (Å²) in [6.07, 6.45) is 29.4. The quantitative estimate of drug-likeness (QED) is 0.223. The van der Waals surface area contributed by atoms with Gasteiger partial charge in [0, 0.05) is 66.1 Å². The average Bonchev–Trinajstić information content (AvgIpc) is 3.78. The molecular weight excluding hydrogens is 807 g/mol. The summed E-state index contributed by atoms with van der Waals surface area (Å²) >= 11 is 0. The SMILES string of the molecule is C[C@@H]1/C=C\[C@H]2C3=C4CC[C@@]56/C(=C(\O)[C@@H]7CC[C@@H]8[C@H]9C[C@@H](CN8[C@H]7CC7CCCCC7)[C@@H]7CCC8=C([C@@H]4[C@@H]4[C@@H](CC=C[C@H]42)C8)N7C9)OC(=O)[C@@]35[C@H](C1)[C@@]61OC(=O)c2c(CCCN)cccc21. The smallest absolute Gasteiger partial charge is 0.339 e. The molecule has 0 radical (unpaired) electrons. The second-order valence-corrected chi connectivity index (χ2v) is 24.3. The van der Waals surface area contributed by atoms with Crippen molar-refractivity contribution in [1.29, 1.82) is 0 Å². The molecule has 4 saturated heterocycles. The van der Waals surface area contributed by atoms with Crippen LogP contribution in [0.15, 0.2) is 76.4 Å². The number of esters is 2. The third-order valence-electron chi connectivity index (χ3n) is 22.1. The number of nitrogens with two attached hydrogens (primary N) is 1. The molecule has 342 valence electrons. The number of carbonyl (C=O) groups excluding carboxylic acids is 2. The van der Waals surface area contributed by atoms with Gasteiger partial charge >= 0.3 is 11.9 Å². The van der Waals surface area contributed by atoms with E-state index in [0.717, 1.165) is 62.7 Å². The van der Waals surface area contributed by atoms with Gasteiger partial charge in [-0.15, -0.1) is 0 Å². The molecule has 65 heavy (non-hydrogen) atoms. The number of aliphatic hydroxyl groups is 1. The third kappa shape index (κ3) is 4.56. The van der Waals surface area contributed by atoms with Crippen LogP contribution >= 0.6 is 0 Å². The molecule has 0 amide bonds. The van der Waals surface area contributed by atoms with Gasteiger partial charge in [0.15, 0.2) is 11.4 Å². The molecule has 6 fully saturated rings. The fourth-order valence-electron chi connectivity index (χ4n) is 20.3. The van der Waals surface area contributed by atoms with Gasteiger partial charge in [-0.05, 0) is 143 Å². The summed E-state index contributed by atoms with van der Waals surface area (Å²) in [4.78, 5) is 37.4. The van der Waals surface area contributed by atoms with Crippen molar-refractivity contribution in [3.8, 4) is 0 Å². The molecule has 0 aromatic heterocycles. The van der Waals surface area contributed by atoms with Gasteiger partial charge in [0.05, 0.1) is 11.0 Å². The molecular formula is C57H69N3O5. The highest BCUT2D eigenvalue weighted by molar-refractivity contribution is 6.00. The van der Waals surface area contributed by atoms with Crippen molar-refractivity contribution in [3.63, 3.8) is 0 Å². The second-order valence-electron chi connectivity index (χ2n) is 24.3. The van der Waals surface area contributed by atoms with Gasteiger partial charge in [-0.3, -0.25) is 9.69 Å². The lowest BCUT2D eigenvalue weighted by atomic mass is 9.27. The van der Waals surface area contributed by atoms with Crippen LogP contribution in [0.1, 0.15) is 138 Å². The van der Waals surface area contributed by atoms with Crippen molar-refractivity contribution < 1.29 is 24.2 Å². The van der Waals surface area contributed by atoms with Gasteiger partial charge < -0.3 is 25.2 Å². The van der Waals surface area contributed by atoms with Crippen LogP contribution in [-0.4, -0.2) is 64.6 Å². The standard InChI is InChI=1S/C57H69N3O5/c1-30-15-17-38-37-13-5-11-33-26-34-16-19-43-35-27-36-29-60(43)50(34)48(46(33)37)40-21-22-55-52(51(61)39-18-20-42(36)59(28-35)44(39)25-31-8-3-2-4-9-31)64-54(63)56(55,49(38)40)45(24-30)57(55)41-14-6-10-32(12-7-23-58)47(41)53(62)65-57/h5-6,10,13-15,17,30-31,33,35-39,42-46,48,61H,2-4,7-9,11-12,16,18-29,58H2,1H3/b17-15-,52-51+/t30-,33+,35+,36+,37+,38-,39-,42-,43+,44+,45+,46-,48+,55-,56-,57-/m1/s1. The lowest BCUT2D eigenvalue weighted by Gasteiger charge is -2.73. The first-order chi connectivity index (χ1) is 31.8. The average molecular weight is 876 g/mol. The molecule has 7 bridgehead atoms. The molecule has 7 heterocycles. The van der Waals surface area contributed by atoms with Gasteiger partial charge in [-0.25, -0.2) is 4.79 Å². The Morgan fingerprint density at radius 3 is 2.69 bits per heavy atom. The van der Waals surface area contributed by atoms with Gasteiger partial charge in [0.25, 0.3) is 0 Å². The maximum Gasteiger partial charge on any atom is 0.339 e. The third-order valence-corrected chi connectivity index (χ3v) is 22.1. The molecule has 1 aromatic rings. The van der Waals surface area contributed by atoms with Crippen LogP contribution in [0, 0.1) is 75.9 Å². The van der Waals surface area contributed by atoms with Gasteiger partial charge in [-0.1, -0.05) is 92.7 Å². The predicted octanol–water partition coefficient (Wildman–Crippen LogP) is 9.82. The molecule has 16 atom stereocenters. The summed E-state index contributed by atoms with van der Waals surface area (Å²) in [6, 6.07) is 7.62. The molecule has 15 rings (SSSR count). The van der Waals surface area contributed by atoms with E-state index in [-0.39, 0.29) is 53.5 Å². The summed E-state index contributed by atoms with van der Waals surface area (Å²) in [5.41, 5.74) is 11.7. The number of fused-ring (bicyclic) bond motifs is 9. The largest absolute Gasteiger partial charge is 0.508 e. The van der Waals surface area contributed by atoms with Crippen LogP contribution in [0.25, 0.3) is 0 Å². The molecule has 7 aliphatic heterocycles. The Morgan fingerprint density at radius 2 is 1.82 bits per heavy atom. The van der Waals surface area contributed by atoms with E-state index in [1.807, 2.05) is 0 Å². The van der Waals surface area contributed by atoms with Crippen molar-refractivity contribution >= 4 is 11.9 Å². The highest BCUT2D eigenvalue weighted by Gasteiger charge is 2.94. The van der Waals surface area contributed by atoms with Crippen LogP contribution in [0.2, 0.25) is 0 Å². The van der Waals surface area contributed by atoms with Crippen LogP contribution in [0.5, 0.6) is 0 Å². The summed E-state index contributed by atoms with van der Waals surface area (Å²) in [6.45, 7) is 5.13. The molecule has 7 aliphatic carbocycles. The summed E-state index contributed by atoms with van der Waals surface area (Å²) < 4.78 is 14.5. The first kappa shape index (κ1) is 39.4. The fourth-order valence-corrected chi connectivity index (χ4v) is 20.3. The molecule has 8 nitrogen and oxygen atoms in total. The van der Waals surface area contributed by atoms with E-state index in [1.165, 1.54) is 68.9 Å². The van der Waals surface area contributed by atoms with E-state index in [2.05, 4.69) is 59.2 Å². The maximum absolute atomic E-state index is 16.3. The number of benzene rings is 1. The zero-order valence-corrected chi connectivity index (χ0v) is 38.5. The van der Waals surface area contributed by atoms with E-state index in [0.29, 0.717) is 84.6 Å². The highest BCUT2D eigenvalue weighted by Crippen LogP contribution is 2.88. The number of hydrogen-bond acceptors (Lipinski definition) is 8. The number of ether oxygens (including phenoxy) is 2. The molecule has 2 saturated carbocycles. The van der Waals surface area contributed by atoms with E-state index in [1.54, 1.807) is 11.3 Å². The van der Waals surface area contributed by atoms with Gasteiger partial charge in [0.2, 0.25) is 0 Å². The van der Waals surface area contributed by atoms with Crippen LogP contribution in [-0.2, 0) is 26.3 Å². The molecule has 14 aliphatic rings. The minimum Gasteiger partial charge on any atom is -0.508 e. The number of piperidine rings is 3. The first-order valence-corrected chi connectivity index (χ1v) is 26.8. The number of nitrogens with zero attached hydrogens (tertiary/aromatic N) is 2. The zero-order chi connectivity index (χ0) is 43.3. The number of rotatable bonds is 5. The monoisotopic (exact) mass is 876 g/mol. The van der Waals surface area contributed by atoms with E-state index in [4.69, 9.17) is 15.2 Å². The van der Waals surface area contributed by atoms with E-state index < -0.39 is 16.4 Å². The fraction of sp³-hybridized carbons (Fsp3) is 0.684. The highest BCUT2D eigenvalue weighted by atomic mass is 16.6. The van der Waals surface area contributed by atoms with Gasteiger partial charge in [0.1, 0.15) is 11.2 Å². The zero-order valence-electron chi connectivity index (χ0n) is 38.5. The van der Waals surface area contributed by atoms with Crippen molar-refractivity contribution in [2.45, 2.75) is 146 Å². The molecule has 3 spiro atoms. The van der Waals surface area contributed by atoms with Crippen molar-refractivity contribution in [2.75, 3.05) is 19.6 Å². The minimum absolute atomic E-state index is 0.0502.